The molecule has 0 aromatic rings. The summed E-state index contributed by atoms with van der Waals surface area (Å²) in [6.45, 7) is 7.83. The molecule has 3 nitrogen and oxygen atoms in total. The van der Waals surface area contributed by atoms with Crippen LogP contribution >= 0.6 is 0 Å². The Morgan fingerprint density at radius 2 is 1.75 bits per heavy atom. The number of aliphatic hydroxyl groups excluding tert-OH is 2. The topological polar surface area (TPSA) is 60.7 Å². The van der Waals surface area contributed by atoms with Crippen LogP contribution in [0.4, 0.5) is 0 Å². The van der Waals surface area contributed by atoms with Crippen molar-refractivity contribution in [3.05, 3.63) is 23.8 Å². The summed E-state index contributed by atoms with van der Waals surface area (Å²) >= 11 is 0. The molecule has 1 aliphatic rings. The normalized spacial score (nSPS) is 22.4. The average Bonchev–Trinajstić information content (AvgIpc) is 2.39. The lowest BCUT2D eigenvalue weighted by molar-refractivity contribution is 0.0609. The van der Waals surface area contributed by atoms with Crippen LogP contribution in [0.2, 0.25) is 0 Å². The highest BCUT2D eigenvalue weighted by molar-refractivity contribution is 5.16. The van der Waals surface area contributed by atoms with Crippen molar-refractivity contribution in [3.63, 3.8) is 0 Å². The van der Waals surface area contributed by atoms with Crippen molar-refractivity contribution >= 4 is 0 Å². The van der Waals surface area contributed by atoms with Crippen LogP contribution in [0.15, 0.2) is 23.8 Å². The maximum atomic E-state index is 9.65. The summed E-state index contributed by atoms with van der Waals surface area (Å²) in [7, 11) is 0. The van der Waals surface area contributed by atoms with Gasteiger partial charge in [-0.05, 0) is 57.8 Å². The van der Waals surface area contributed by atoms with Crippen molar-refractivity contribution in [2.24, 2.45) is 5.41 Å². The van der Waals surface area contributed by atoms with E-state index in [1.807, 2.05) is 12.2 Å². The minimum absolute atomic E-state index is 0.155. The van der Waals surface area contributed by atoms with Gasteiger partial charge in [0, 0.05) is 6.42 Å². The highest BCUT2D eigenvalue weighted by atomic mass is 16.3. The molecule has 0 aromatic carbocycles. The second-order valence-corrected chi connectivity index (χ2v) is 8.30. The second-order valence-electron chi connectivity index (χ2n) is 8.30. The average molecular weight is 335 g/mol. The fourth-order valence-electron chi connectivity index (χ4n) is 2.89. The predicted octanol–water partition coefficient (Wildman–Crippen LogP) is 3.74. The first-order valence-electron chi connectivity index (χ1n) is 9.00. The van der Waals surface area contributed by atoms with Gasteiger partial charge >= 0.3 is 0 Å². The van der Waals surface area contributed by atoms with Gasteiger partial charge in [-0.1, -0.05) is 49.5 Å². The van der Waals surface area contributed by atoms with E-state index in [-0.39, 0.29) is 5.41 Å². The van der Waals surface area contributed by atoms with Crippen molar-refractivity contribution in [1.29, 1.82) is 0 Å². The van der Waals surface area contributed by atoms with Crippen LogP contribution < -0.4 is 0 Å². The van der Waals surface area contributed by atoms with Crippen LogP contribution in [-0.4, -0.2) is 33.1 Å². The molecule has 0 heterocycles. The largest absolute Gasteiger partial charge is 0.393 e. The Morgan fingerprint density at radius 3 is 2.33 bits per heavy atom. The number of unbranched alkanes of at least 4 members (excludes halogenated alkanes) is 1. The first-order chi connectivity index (χ1) is 11.1. The molecule has 0 unspecified atom stereocenters. The van der Waals surface area contributed by atoms with Gasteiger partial charge in [0.05, 0.1) is 12.2 Å². The molecule has 3 heteroatoms. The Hall–Kier alpha value is -1.08. The standard InChI is InChI=1S/C21H34O3/c1-20(2,12-9-13-21(3,4)24)11-8-6-5-7-10-17-14-18(22)16-19(23)15-17/h5,7,10,18-19,22-24H,6,8,11-12,14-16H2,1-4H3/b7-5+/t18-,19-/m1/s1. The van der Waals surface area contributed by atoms with Gasteiger partial charge in [-0.15, -0.1) is 0 Å². The molecule has 3 N–H and O–H groups in total. The fraction of sp³-hybridized carbons (Fsp3) is 0.714. The summed E-state index contributed by atoms with van der Waals surface area (Å²) < 4.78 is 0. The number of hydrogen-bond donors (Lipinski definition) is 3. The Kier molecular flexibility index (Phi) is 8.22. The summed E-state index contributed by atoms with van der Waals surface area (Å²) in [5.41, 5.74) is 0.370. The third-order valence-corrected chi connectivity index (χ3v) is 4.19. The van der Waals surface area contributed by atoms with Gasteiger partial charge in [0.25, 0.3) is 0 Å². The molecule has 24 heavy (non-hydrogen) atoms. The van der Waals surface area contributed by atoms with Crippen LogP contribution in [0, 0.1) is 17.3 Å². The molecule has 0 spiro atoms. The summed E-state index contributed by atoms with van der Waals surface area (Å²) in [6.07, 6.45) is 11.3. The number of rotatable bonds is 6. The number of aliphatic hydroxyl groups is 3. The van der Waals surface area contributed by atoms with E-state index in [1.165, 1.54) is 0 Å². The Morgan fingerprint density at radius 1 is 1.12 bits per heavy atom. The molecule has 1 fully saturated rings. The quantitative estimate of drug-likeness (QED) is 0.512. The zero-order chi connectivity index (χ0) is 18.2. The molecule has 1 saturated carbocycles. The summed E-state index contributed by atoms with van der Waals surface area (Å²) in [4.78, 5) is 0. The summed E-state index contributed by atoms with van der Waals surface area (Å²) in [6, 6.07) is 0. The summed E-state index contributed by atoms with van der Waals surface area (Å²) in [5.74, 6) is 5.97. The van der Waals surface area contributed by atoms with E-state index in [0.717, 1.165) is 31.3 Å². The smallest absolute Gasteiger partial charge is 0.119 e. The molecule has 0 aromatic heterocycles. The lowest BCUT2D eigenvalue weighted by atomic mass is 9.84. The van der Waals surface area contributed by atoms with Crippen LogP contribution in [-0.2, 0) is 0 Å². The molecule has 0 saturated heterocycles. The van der Waals surface area contributed by atoms with E-state index in [1.54, 1.807) is 13.8 Å². The maximum Gasteiger partial charge on any atom is 0.119 e. The van der Waals surface area contributed by atoms with E-state index in [9.17, 15) is 15.3 Å². The monoisotopic (exact) mass is 334 g/mol. The Balaban J connectivity index is 2.30. The van der Waals surface area contributed by atoms with Gasteiger partial charge in [-0.25, -0.2) is 0 Å². The van der Waals surface area contributed by atoms with Crippen LogP contribution in [0.1, 0.15) is 72.6 Å². The molecule has 0 aliphatic heterocycles. The highest BCUT2D eigenvalue weighted by Gasteiger charge is 2.21. The van der Waals surface area contributed by atoms with Crippen molar-refractivity contribution in [2.75, 3.05) is 0 Å². The first-order valence-corrected chi connectivity index (χ1v) is 9.00. The Bertz CT molecular complexity index is 485. The van der Waals surface area contributed by atoms with Gasteiger partial charge in [0.1, 0.15) is 5.60 Å². The minimum Gasteiger partial charge on any atom is -0.393 e. The SMILES string of the molecule is CC(C)(O)C#CCC(C)(C)CCC/C=C/C=C1C[C@@H](O)C[C@H](O)C1. The molecule has 0 radical (unpaired) electrons. The van der Waals surface area contributed by atoms with Crippen LogP contribution in [0.5, 0.6) is 0 Å². The molecule has 136 valence electrons. The molecular weight excluding hydrogens is 300 g/mol. The molecule has 2 atom stereocenters. The molecule has 0 amide bonds. The zero-order valence-corrected chi connectivity index (χ0v) is 15.7. The Labute approximate surface area is 147 Å². The van der Waals surface area contributed by atoms with Gasteiger partial charge in [-0.2, -0.15) is 0 Å². The third kappa shape index (κ3) is 9.93. The number of allylic oxidation sites excluding steroid dienone is 3. The van der Waals surface area contributed by atoms with Crippen molar-refractivity contribution in [3.8, 4) is 11.8 Å². The van der Waals surface area contributed by atoms with Crippen LogP contribution in [0.3, 0.4) is 0 Å². The predicted molar refractivity (Wildman–Crippen MR) is 99.4 cm³/mol. The first kappa shape index (κ1) is 21.0. The number of hydrogen-bond acceptors (Lipinski definition) is 3. The van der Waals surface area contributed by atoms with E-state index < -0.39 is 17.8 Å². The van der Waals surface area contributed by atoms with E-state index in [2.05, 4.69) is 31.8 Å². The molecule has 1 aliphatic carbocycles. The third-order valence-electron chi connectivity index (χ3n) is 4.19. The maximum absolute atomic E-state index is 9.65. The van der Waals surface area contributed by atoms with Gasteiger partial charge in [-0.3, -0.25) is 0 Å². The highest BCUT2D eigenvalue weighted by Crippen LogP contribution is 2.27. The van der Waals surface area contributed by atoms with E-state index in [4.69, 9.17) is 0 Å². The van der Waals surface area contributed by atoms with Gasteiger partial charge in [0.15, 0.2) is 0 Å². The van der Waals surface area contributed by atoms with Crippen molar-refractivity contribution in [2.45, 2.75) is 90.4 Å². The van der Waals surface area contributed by atoms with E-state index in [0.29, 0.717) is 19.3 Å². The van der Waals surface area contributed by atoms with Gasteiger partial charge < -0.3 is 15.3 Å². The molecule has 0 bridgehead atoms. The van der Waals surface area contributed by atoms with Crippen LogP contribution in [0.25, 0.3) is 0 Å². The summed E-state index contributed by atoms with van der Waals surface area (Å²) in [5, 5.41) is 28.9. The fourth-order valence-corrected chi connectivity index (χ4v) is 2.89. The lowest BCUT2D eigenvalue weighted by Gasteiger charge is -2.24. The van der Waals surface area contributed by atoms with Gasteiger partial charge in [0.2, 0.25) is 0 Å². The lowest BCUT2D eigenvalue weighted by Crippen LogP contribution is -2.24. The van der Waals surface area contributed by atoms with Crippen molar-refractivity contribution < 1.29 is 15.3 Å². The molecular formula is C21H34O3. The zero-order valence-electron chi connectivity index (χ0n) is 15.7. The second kappa shape index (κ2) is 9.42. The minimum atomic E-state index is -0.910. The van der Waals surface area contributed by atoms with Crippen molar-refractivity contribution in [1.82, 2.24) is 0 Å². The molecule has 1 rings (SSSR count). The van der Waals surface area contributed by atoms with E-state index >= 15 is 0 Å².